The van der Waals surface area contributed by atoms with Gasteiger partial charge in [-0.3, -0.25) is 0 Å². The van der Waals surface area contributed by atoms with Gasteiger partial charge in [-0.05, 0) is 23.8 Å². The molecular weight excluding hydrogens is 230 g/mol. The molecule has 2 N–H and O–H groups in total. The second-order valence-electron chi connectivity index (χ2n) is 3.11. The van der Waals surface area contributed by atoms with Crippen LogP contribution in [-0.4, -0.2) is 29.0 Å². The average molecular weight is 239 g/mol. The van der Waals surface area contributed by atoms with Gasteiger partial charge in [-0.25, -0.2) is 13.1 Å². The molecular formula is C8H9N5O2S. The second-order valence-corrected chi connectivity index (χ2v) is 4.76. The van der Waals surface area contributed by atoms with E-state index in [0.29, 0.717) is 5.56 Å². The Bertz CT molecular complexity index is 578. The Labute approximate surface area is 91.9 Å². The lowest BCUT2D eigenvalue weighted by atomic mass is 10.2. The lowest BCUT2D eigenvalue weighted by Gasteiger charge is -2.06. The van der Waals surface area contributed by atoms with Crippen molar-refractivity contribution in [2.75, 3.05) is 4.72 Å². The molecule has 7 nitrogen and oxygen atoms in total. The molecule has 0 amide bonds. The fourth-order valence-electron chi connectivity index (χ4n) is 1.24. The van der Waals surface area contributed by atoms with E-state index in [0.717, 1.165) is 0 Å². The van der Waals surface area contributed by atoms with Crippen molar-refractivity contribution in [3.63, 3.8) is 0 Å². The first-order chi connectivity index (χ1) is 7.59. The van der Waals surface area contributed by atoms with Gasteiger partial charge >= 0.3 is 0 Å². The summed E-state index contributed by atoms with van der Waals surface area (Å²) in [5, 5.41) is 12.5. The quantitative estimate of drug-likeness (QED) is 0.802. The summed E-state index contributed by atoms with van der Waals surface area (Å²) in [5.41, 5.74) is 0.651. The zero-order valence-corrected chi connectivity index (χ0v) is 9.19. The molecule has 0 aliphatic heterocycles. The number of sulfonamides is 1. The van der Waals surface area contributed by atoms with Crippen molar-refractivity contribution in [1.82, 2.24) is 20.6 Å². The van der Waals surface area contributed by atoms with Crippen molar-refractivity contribution in [3.8, 4) is 0 Å². The number of aromatic nitrogens is 4. The Hall–Kier alpha value is -1.96. The Morgan fingerprint density at radius 1 is 1.31 bits per heavy atom. The first-order valence-corrected chi connectivity index (χ1v) is 5.90. The molecule has 1 heterocycles. The molecule has 0 spiro atoms. The van der Waals surface area contributed by atoms with Crippen molar-refractivity contribution >= 4 is 16.0 Å². The van der Waals surface area contributed by atoms with Crippen LogP contribution in [0.1, 0.15) is 5.56 Å². The maximum absolute atomic E-state index is 11.9. The number of hydrogen-bond acceptors (Lipinski definition) is 5. The Morgan fingerprint density at radius 3 is 2.69 bits per heavy atom. The normalized spacial score (nSPS) is 11.3. The van der Waals surface area contributed by atoms with E-state index < -0.39 is 10.0 Å². The minimum Gasteiger partial charge on any atom is -0.245 e. The largest absolute Gasteiger partial charge is 0.276 e. The lowest BCUT2D eigenvalue weighted by molar-refractivity contribution is 0.600. The third-order valence-electron chi connectivity index (χ3n) is 1.95. The second kappa shape index (κ2) is 3.89. The van der Waals surface area contributed by atoms with E-state index in [9.17, 15) is 8.42 Å². The number of rotatable bonds is 3. The third kappa shape index (κ3) is 2.01. The fourth-order valence-corrected chi connectivity index (χ4v) is 2.42. The van der Waals surface area contributed by atoms with Crippen LogP contribution in [0.15, 0.2) is 29.2 Å². The zero-order valence-electron chi connectivity index (χ0n) is 8.38. The van der Waals surface area contributed by atoms with E-state index in [1.54, 1.807) is 25.1 Å². The van der Waals surface area contributed by atoms with Crippen LogP contribution >= 0.6 is 0 Å². The molecule has 0 unspecified atom stereocenters. The van der Waals surface area contributed by atoms with Crippen LogP contribution in [0.5, 0.6) is 0 Å². The molecule has 0 aliphatic carbocycles. The first kappa shape index (κ1) is 10.6. The lowest BCUT2D eigenvalue weighted by Crippen LogP contribution is -2.15. The van der Waals surface area contributed by atoms with Crippen LogP contribution in [0.25, 0.3) is 0 Å². The van der Waals surface area contributed by atoms with Crippen LogP contribution in [0, 0.1) is 6.92 Å². The van der Waals surface area contributed by atoms with Crippen LogP contribution in [0.3, 0.4) is 0 Å². The highest BCUT2D eigenvalue weighted by molar-refractivity contribution is 7.92. The Morgan fingerprint density at radius 2 is 2.06 bits per heavy atom. The number of aromatic amines is 1. The van der Waals surface area contributed by atoms with Gasteiger partial charge in [0.2, 0.25) is 0 Å². The summed E-state index contributed by atoms with van der Waals surface area (Å²) in [4.78, 5) is 0.194. The van der Waals surface area contributed by atoms with Crippen molar-refractivity contribution in [1.29, 1.82) is 0 Å². The Kier molecular flexibility index (Phi) is 2.57. The number of nitrogens with one attached hydrogen (secondary N) is 2. The van der Waals surface area contributed by atoms with Crippen LogP contribution in [-0.2, 0) is 10.0 Å². The topological polar surface area (TPSA) is 101 Å². The van der Waals surface area contributed by atoms with Gasteiger partial charge in [-0.2, -0.15) is 5.21 Å². The van der Waals surface area contributed by atoms with Gasteiger partial charge in [-0.1, -0.05) is 23.3 Å². The number of nitrogens with zero attached hydrogens (tertiary/aromatic N) is 3. The van der Waals surface area contributed by atoms with Crippen molar-refractivity contribution in [3.05, 3.63) is 29.8 Å². The average Bonchev–Trinajstić information content (AvgIpc) is 2.70. The predicted octanol–water partition coefficient (Wildman–Crippen LogP) is 0.309. The van der Waals surface area contributed by atoms with Crippen LogP contribution in [0.4, 0.5) is 5.95 Å². The van der Waals surface area contributed by atoms with E-state index in [4.69, 9.17) is 0 Å². The van der Waals surface area contributed by atoms with Crippen LogP contribution < -0.4 is 4.72 Å². The molecule has 0 saturated carbocycles. The van der Waals surface area contributed by atoms with Gasteiger partial charge in [0.1, 0.15) is 0 Å². The van der Waals surface area contributed by atoms with Gasteiger partial charge < -0.3 is 0 Å². The smallest absolute Gasteiger partial charge is 0.245 e. The van der Waals surface area contributed by atoms with Crippen molar-refractivity contribution in [2.24, 2.45) is 0 Å². The van der Waals surface area contributed by atoms with E-state index in [-0.39, 0.29) is 10.8 Å². The minimum absolute atomic E-state index is 0.0803. The summed E-state index contributed by atoms with van der Waals surface area (Å²) in [6.07, 6.45) is 0. The molecule has 0 atom stereocenters. The van der Waals surface area contributed by atoms with E-state index in [2.05, 4.69) is 25.3 Å². The number of tetrazole rings is 1. The molecule has 0 fully saturated rings. The van der Waals surface area contributed by atoms with E-state index >= 15 is 0 Å². The highest BCUT2D eigenvalue weighted by Crippen LogP contribution is 2.16. The predicted molar refractivity (Wildman–Crippen MR) is 56.2 cm³/mol. The van der Waals surface area contributed by atoms with E-state index in [1.165, 1.54) is 6.07 Å². The molecule has 1 aromatic carbocycles. The minimum atomic E-state index is -3.65. The summed E-state index contributed by atoms with van der Waals surface area (Å²) in [6.45, 7) is 1.71. The van der Waals surface area contributed by atoms with Gasteiger partial charge in [0.15, 0.2) is 0 Å². The molecule has 2 rings (SSSR count). The molecule has 0 aliphatic rings. The number of anilines is 1. The van der Waals surface area contributed by atoms with Gasteiger partial charge in [-0.15, -0.1) is 5.10 Å². The molecule has 1 aromatic heterocycles. The summed E-state index contributed by atoms with van der Waals surface area (Å²) in [5.74, 6) is -0.0803. The Balaban J connectivity index is 2.37. The van der Waals surface area contributed by atoms with Crippen molar-refractivity contribution < 1.29 is 8.42 Å². The fraction of sp³-hybridized carbons (Fsp3) is 0.125. The van der Waals surface area contributed by atoms with Crippen molar-refractivity contribution in [2.45, 2.75) is 11.8 Å². The monoisotopic (exact) mass is 239 g/mol. The number of aryl methyl sites for hydroxylation is 1. The summed E-state index contributed by atoms with van der Waals surface area (Å²) >= 11 is 0. The van der Waals surface area contributed by atoms with Gasteiger partial charge in [0.05, 0.1) is 4.90 Å². The first-order valence-electron chi connectivity index (χ1n) is 4.41. The summed E-state index contributed by atoms with van der Waals surface area (Å²) in [7, 11) is -3.65. The van der Waals surface area contributed by atoms with E-state index in [1.807, 2.05) is 0 Å². The molecule has 16 heavy (non-hydrogen) atoms. The maximum atomic E-state index is 11.9. The number of benzene rings is 1. The molecule has 0 saturated heterocycles. The van der Waals surface area contributed by atoms with Gasteiger partial charge in [0, 0.05) is 0 Å². The SMILES string of the molecule is Cc1ccccc1S(=O)(=O)Nc1nn[nH]n1. The summed E-state index contributed by atoms with van der Waals surface area (Å²) in [6, 6.07) is 6.64. The summed E-state index contributed by atoms with van der Waals surface area (Å²) < 4.78 is 26.0. The zero-order chi connectivity index (χ0) is 11.6. The number of hydrogen-bond donors (Lipinski definition) is 2. The third-order valence-corrected chi connectivity index (χ3v) is 3.44. The molecule has 0 bridgehead atoms. The highest BCUT2D eigenvalue weighted by atomic mass is 32.2. The van der Waals surface area contributed by atoms with Crippen LogP contribution in [0.2, 0.25) is 0 Å². The molecule has 8 heteroatoms. The maximum Gasteiger partial charge on any atom is 0.276 e. The number of H-pyrrole nitrogens is 1. The molecule has 2 aromatic rings. The standard InChI is InChI=1S/C8H9N5O2S/c1-6-4-2-3-5-7(6)16(14,15)11-8-9-12-13-10-8/h2-5H,1H3,(H2,9,10,11,12,13). The molecule has 84 valence electrons. The van der Waals surface area contributed by atoms with Gasteiger partial charge in [0.25, 0.3) is 16.0 Å². The molecule has 0 radical (unpaired) electrons. The highest BCUT2D eigenvalue weighted by Gasteiger charge is 2.17.